The van der Waals surface area contributed by atoms with E-state index in [2.05, 4.69) is 0 Å². The quantitative estimate of drug-likeness (QED) is 0.545. The van der Waals surface area contributed by atoms with E-state index in [-0.39, 0.29) is 18.0 Å². The lowest BCUT2D eigenvalue weighted by atomic mass is 10.1. The number of hydrogen-bond acceptors (Lipinski definition) is 4. The van der Waals surface area contributed by atoms with Crippen molar-refractivity contribution in [3.8, 4) is 0 Å². The van der Waals surface area contributed by atoms with Gasteiger partial charge in [-0.15, -0.1) is 0 Å². The van der Waals surface area contributed by atoms with Crippen LogP contribution >= 0.6 is 0 Å². The predicted octanol–water partition coefficient (Wildman–Crippen LogP) is 0.645. The molecule has 0 aromatic heterocycles. The van der Waals surface area contributed by atoms with Crippen molar-refractivity contribution in [3.05, 3.63) is 0 Å². The normalized spacial score (nSPS) is 24.1. The van der Waals surface area contributed by atoms with Crippen molar-refractivity contribution in [3.63, 3.8) is 0 Å². The van der Waals surface area contributed by atoms with Crippen LogP contribution in [0.2, 0.25) is 0 Å². The molecule has 0 saturated carbocycles. The number of carbonyl (C=O) groups is 2. The summed E-state index contributed by atoms with van der Waals surface area (Å²) in [4.78, 5) is 21.3. The average Bonchev–Trinajstić information content (AvgIpc) is 2.15. The van der Waals surface area contributed by atoms with Gasteiger partial charge >= 0.3 is 11.9 Å². The van der Waals surface area contributed by atoms with Gasteiger partial charge in [-0.1, -0.05) is 0 Å². The summed E-state index contributed by atoms with van der Waals surface area (Å²) < 4.78 is 9.73. The Morgan fingerprint density at radius 1 is 1.58 bits per heavy atom. The molecule has 4 nitrogen and oxygen atoms in total. The van der Waals surface area contributed by atoms with Crippen LogP contribution in [0.5, 0.6) is 0 Å². The standard InChI is InChI=1S/C8H12O4/c1-6(9)12-7-2-3-8(10)11-5-4-7/h7H,2-5H2,1H3/t7-/m1/s1. The molecule has 12 heavy (non-hydrogen) atoms. The fourth-order valence-corrected chi connectivity index (χ4v) is 1.15. The third-order valence-electron chi connectivity index (χ3n) is 1.71. The number of cyclic esters (lactones) is 1. The Kier molecular flexibility index (Phi) is 3.08. The van der Waals surface area contributed by atoms with Gasteiger partial charge in [-0.25, -0.2) is 0 Å². The molecule has 4 heteroatoms. The van der Waals surface area contributed by atoms with E-state index >= 15 is 0 Å². The van der Waals surface area contributed by atoms with E-state index in [1.807, 2.05) is 0 Å². The average molecular weight is 172 g/mol. The molecule has 0 unspecified atom stereocenters. The molecule has 0 amide bonds. The van der Waals surface area contributed by atoms with Crippen molar-refractivity contribution >= 4 is 11.9 Å². The summed E-state index contributed by atoms with van der Waals surface area (Å²) in [5, 5.41) is 0. The highest BCUT2D eigenvalue weighted by atomic mass is 16.6. The van der Waals surface area contributed by atoms with Crippen molar-refractivity contribution in [2.45, 2.75) is 32.3 Å². The van der Waals surface area contributed by atoms with Crippen LogP contribution < -0.4 is 0 Å². The third-order valence-corrected chi connectivity index (χ3v) is 1.71. The third kappa shape index (κ3) is 2.90. The minimum absolute atomic E-state index is 0.144. The number of carbonyl (C=O) groups excluding carboxylic acids is 2. The van der Waals surface area contributed by atoms with Crippen LogP contribution in [0.4, 0.5) is 0 Å². The summed E-state index contributed by atoms with van der Waals surface area (Å²) >= 11 is 0. The Labute approximate surface area is 70.8 Å². The summed E-state index contributed by atoms with van der Waals surface area (Å²) in [6, 6.07) is 0. The second kappa shape index (κ2) is 4.09. The van der Waals surface area contributed by atoms with Gasteiger partial charge in [0.1, 0.15) is 6.10 Å². The van der Waals surface area contributed by atoms with Gasteiger partial charge in [0.25, 0.3) is 0 Å². The lowest BCUT2D eigenvalue weighted by Gasteiger charge is -2.11. The Balaban J connectivity index is 2.35. The second-order valence-corrected chi connectivity index (χ2v) is 2.78. The molecular weight excluding hydrogens is 160 g/mol. The number of esters is 2. The summed E-state index contributed by atoms with van der Waals surface area (Å²) in [6.45, 7) is 1.73. The topological polar surface area (TPSA) is 52.6 Å². The van der Waals surface area contributed by atoms with E-state index in [1.165, 1.54) is 6.92 Å². The Hall–Kier alpha value is -1.06. The van der Waals surface area contributed by atoms with Gasteiger partial charge in [-0.2, -0.15) is 0 Å². The monoisotopic (exact) mass is 172 g/mol. The van der Waals surface area contributed by atoms with Gasteiger partial charge in [-0.3, -0.25) is 9.59 Å². The first kappa shape index (κ1) is 9.03. The Morgan fingerprint density at radius 2 is 2.33 bits per heavy atom. The van der Waals surface area contributed by atoms with Gasteiger partial charge in [0.05, 0.1) is 6.61 Å². The molecule has 0 aliphatic carbocycles. The molecule has 0 aromatic rings. The highest BCUT2D eigenvalue weighted by Gasteiger charge is 2.18. The van der Waals surface area contributed by atoms with Crippen molar-refractivity contribution < 1.29 is 19.1 Å². The largest absolute Gasteiger partial charge is 0.466 e. The van der Waals surface area contributed by atoms with Crippen molar-refractivity contribution in [1.29, 1.82) is 0 Å². The summed E-state index contributed by atoms with van der Waals surface area (Å²) in [6.07, 6.45) is 1.40. The highest BCUT2D eigenvalue weighted by molar-refractivity contribution is 5.70. The first-order valence-corrected chi connectivity index (χ1v) is 4.01. The summed E-state index contributed by atoms with van der Waals surface area (Å²) in [7, 11) is 0. The van der Waals surface area contributed by atoms with Crippen molar-refractivity contribution in [2.75, 3.05) is 6.61 Å². The van der Waals surface area contributed by atoms with Gasteiger partial charge in [0.15, 0.2) is 0 Å². The molecule has 68 valence electrons. The lowest BCUT2D eigenvalue weighted by molar-refractivity contribution is -0.147. The van der Waals surface area contributed by atoms with Crippen LogP contribution in [0.15, 0.2) is 0 Å². The maximum Gasteiger partial charge on any atom is 0.305 e. The van der Waals surface area contributed by atoms with Gasteiger partial charge in [-0.05, 0) is 6.42 Å². The molecule has 1 rings (SSSR count). The molecule has 1 atom stereocenters. The Bertz CT molecular complexity index is 187. The number of hydrogen-bond donors (Lipinski definition) is 0. The lowest BCUT2D eigenvalue weighted by Crippen LogP contribution is -2.16. The minimum Gasteiger partial charge on any atom is -0.466 e. The van der Waals surface area contributed by atoms with E-state index in [4.69, 9.17) is 9.47 Å². The highest BCUT2D eigenvalue weighted by Crippen LogP contribution is 2.12. The van der Waals surface area contributed by atoms with Crippen LogP contribution in [0.1, 0.15) is 26.2 Å². The number of ether oxygens (including phenoxy) is 2. The minimum atomic E-state index is -0.297. The van der Waals surface area contributed by atoms with Crippen LogP contribution in [-0.4, -0.2) is 24.6 Å². The predicted molar refractivity (Wildman–Crippen MR) is 40.4 cm³/mol. The van der Waals surface area contributed by atoms with Crippen molar-refractivity contribution in [1.82, 2.24) is 0 Å². The molecule has 0 bridgehead atoms. The molecule has 1 aliphatic rings. The molecule has 1 heterocycles. The van der Waals surface area contributed by atoms with Crippen LogP contribution in [0.25, 0.3) is 0 Å². The summed E-state index contributed by atoms with van der Waals surface area (Å²) in [5.74, 6) is -0.501. The molecule has 1 aliphatic heterocycles. The molecule has 0 spiro atoms. The van der Waals surface area contributed by atoms with E-state index < -0.39 is 0 Å². The molecule has 0 N–H and O–H groups in total. The van der Waals surface area contributed by atoms with E-state index in [0.717, 1.165) is 0 Å². The molecule has 0 aromatic carbocycles. The number of rotatable bonds is 1. The van der Waals surface area contributed by atoms with Crippen LogP contribution in [0.3, 0.4) is 0 Å². The maximum atomic E-state index is 10.8. The van der Waals surface area contributed by atoms with Gasteiger partial charge in [0.2, 0.25) is 0 Å². The van der Waals surface area contributed by atoms with E-state index in [0.29, 0.717) is 25.9 Å². The van der Waals surface area contributed by atoms with Crippen molar-refractivity contribution in [2.24, 2.45) is 0 Å². The maximum absolute atomic E-state index is 10.8. The molecule has 0 radical (unpaired) electrons. The van der Waals surface area contributed by atoms with E-state index in [9.17, 15) is 9.59 Å². The fourth-order valence-electron chi connectivity index (χ4n) is 1.15. The smallest absolute Gasteiger partial charge is 0.305 e. The zero-order chi connectivity index (χ0) is 8.97. The SMILES string of the molecule is CC(=O)O[C@H]1CCOC(=O)CC1. The summed E-state index contributed by atoms with van der Waals surface area (Å²) in [5.41, 5.74) is 0. The first-order chi connectivity index (χ1) is 5.68. The Morgan fingerprint density at radius 3 is 3.00 bits per heavy atom. The van der Waals surface area contributed by atoms with Gasteiger partial charge in [0, 0.05) is 19.8 Å². The molecule has 1 saturated heterocycles. The van der Waals surface area contributed by atoms with Crippen LogP contribution in [-0.2, 0) is 19.1 Å². The van der Waals surface area contributed by atoms with Gasteiger partial charge < -0.3 is 9.47 Å². The first-order valence-electron chi connectivity index (χ1n) is 4.01. The fraction of sp³-hybridized carbons (Fsp3) is 0.750. The zero-order valence-electron chi connectivity index (χ0n) is 7.04. The van der Waals surface area contributed by atoms with E-state index in [1.54, 1.807) is 0 Å². The molecule has 1 fully saturated rings. The molecular formula is C8H12O4. The second-order valence-electron chi connectivity index (χ2n) is 2.78. The van der Waals surface area contributed by atoms with Crippen LogP contribution in [0, 0.1) is 0 Å². The zero-order valence-corrected chi connectivity index (χ0v) is 7.04.